The molecule has 0 fully saturated rings. The fraction of sp³-hybridized carbons (Fsp3) is 0.0833. The van der Waals surface area contributed by atoms with Crippen LogP contribution in [-0.2, 0) is 4.79 Å². The zero-order chi connectivity index (χ0) is 13.3. The van der Waals surface area contributed by atoms with Crippen LogP contribution in [0.5, 0.6) is 5.75 Å². The van der Waals surface area contributed by atoms with E-state index >= 15 is 0 Å². The summed E-state index contributed by atoms with van der Waals surface area (Å²) in [5.74, 6) is -2.59. The van der Waals surface area contributed by atoms with E-state index in [1.54, 1.807) is 0 Å². The first-order valence-electron chi connectivity index (χ1n) is 4.98. The van der Waals surface area contributed by atoms with Gasteiger partial charge in [0.1, 0.15) is 5.75 Å². The number of thioether (sulfide) groups is 1. The Bertz CT molecular complexity index is 588. The number of carbonyl (C=O) groups excluding carboxylic acids is 2. The van der Waals surface area contributed by atoms with Gasteiger partial charge in [0.05, 0.1) is 16.2 Å². The molecule has 6 heteroatoms. The molecule has 5 nitrogen and oxygen atoms in total. The Hall–Kier alpha value is -2.08. The van der Waals surface area contributed by atoms with E-state index in [2.05, 4.69) is 0 Å². The summed E-state index contributed by atoms with van der Waals surface area (Å²) >= 11 is 0.770. The van der Waals surface area contributed by atoms with Crippen LogP contribution in [0, 0.1) is 0 Å². The van der Waals surface area contributed by atoms with Gasteiger partial charge in [0, 0.05) is 11.6 Å². The fourth-order valence-electron chi connectivity index (χ4n) is 1.62. The Labute approximate surface area is 106 Å². The van der Waals surface area contributed by atoms with Crippen molar-refractivity contribution in [2.75, 3.05) is 5.75 Å². The molecule has 0 spiro atoms. The van der Waals surface area contributed by atoms with Crippen LogP contribution in [0.15, 0.2) is 29.2 Å². The maximum atomic E-state index is 12.0. The van der Waals surface area contributed by atoms with Crippen LogP contribution in [0.4, 0.5) is 0 Å². The molecule has 0 amide bonds. The average molecular weight is 264 g/mol. The van der Waals surface area contributed by atoms with Gasteiger partial charge in [-0.3, -0.25) is 14.4 Å². The van der Waals surface area contributed by atoms with E-state index in [0.29, 0.717) is 0 Å². The summed E-state index contributed by atoms with van der Waals surface area (Å²) in [7, 11) is 0. The second-order valence-electron chi connectivity index (χ2n) is 3.58. The first-order chi connectivity index (χ1) is 8.50. The van der Waals surface area contributed by atoms with Crippen molar-refractivity contribution in [2.45, 2.75) is 0 Å². The quantitative estimate of drug-likeness (QED) is 0.859. The summed E-state index contributed by atoms with van der Waals surface area (Å²) in [6.07, 6.45) is 1.11. The van der Waals surface area contributed by atoms with Crippen LogP contribution in [0.3, 0.4) is 0 Å². The van der Waals surface area contributed by atoms with Gasteiger partial charge in [-0.25, -0.2) is 0 Å². The van der Waals surface area contributed by atoms with Gasteiger partial charge in [0.2, 0.25) is 5.78 Å². The average Bonchev–Trinajstić information content (AvgIpc) is 2.31. The number of hydrogen-bond donors (Lipinski definition) is 2. The normalized spacial score (nSPS) is 14.1. The van der Waals surface area contributed by atoms with Crippen LogP contribution in [0.2, 0.25) is 0 Å². The largest absolute Gasteiger partial charge is 0.507 e. The monoisotopic (exact) mass is 264 g/mol. The number of carbonyl (C=O) groups is 3. The predicted molar refractivity (Wildman–Crippen MR) is 64.9 cm³/mol. The smallest absolute Gasteiger partial charge is 0.313 e. The number of ketones is 2. The third kappa shape index (κ3) is 2.14. The van der Waals surface area contributed by atoms with Gasteiger partial charge in [-0.1, -0.05) is 12.1 Å². The lowest BCUT2D eigenvalue weighted by Crippen LogP contribution is -2.16. The highest BCUT2D eigenvalue weighted by atomic mass is 32.2. The van der Waals surface area contributed by atoms with E-state index in [0.717, 1.165) is 17.8 Å². The number of fused-ring (bicyclic) bond motifs is 1. The molecule has 92 valence electrons. The first-order valence-corrected chi connectivity index (χ1v) is 5.96. The molecule has 1 aliphatic carbocycles. The van der Waals surface area contributed by atoms with Gasteiger partial charge in [0.15, 0.2) is 5.78 Å². The molecule has 1 aromatic carbocycles. The van der Waals surface area contributed by atoms with Crippen molar-refractivity contribution in [3.63, 3.8) is 0 Å². The summed E-state index contributed by atoms with van der Waals surface area (Å²) in [4.78, 5) is 34.2. The number of Topliss-reactive ketones (excluding diaryl/α,β-unsaturated/α-hetero) is 1. The van der Waals surface area contributed by atoms with Gasteiger partial charge >= 0.3 is 5.97 Å². The van der Waals surface area contributed by atoms with Crippen LogP contribution >= 0.6 is 11.8 Å². The zero-order valence-electron chi connectivity index (χ0n) is 9.04. The highest BCUT2D eigenvalue weighted by molar-refractivity contribution is 8.04. The van der Waals surface area contributed by atoms with Crippen molar-refractivity contribution in [1.82, 2.24) is 0 Å². The molecule has 18 heavy (non-hydrogen) atoms. The molecular weight excluding hydrogens is 256 g/mol. The van der Waals surface area contributed by atoms with Crippen molar-refractivity contribution in [1.29, 1.82) is 0 Å². The third-order valence-corrected chi connectivity index (χ3v) is 3.38. The fourth-order valence-corrected chi connectivity index (χ4v) is 2.32. The van der Waals surface area contributed by atoms with Crippen molar-refractivity contribution in [2.24, 2.45) is 0 Å². The van der Waals surface area contributed by atoms with Crippen molar-refractivity contribution in [3.8, 4) is 5.75 Å². The van der Waals surface area contributed by atoms with Gasteiger partial charge in [-0.2, -0.15) is 0 Å². The number of allylic oxidation sites excluding steroid dienone is 2. The number of phenolic OH excluding ortho intramolecular Hbond substituents is 1. The maximum Gasteiger partial charge on any atom is 0.313 e. The molecule has 0 bridgehead atoms. The second kappa shape index (κ2) is 4.66. The molecule has 1 aliphatic rings. The Morgan fingerprint density at radius 2 is 2.00 bits per heavy atom. The molecule has 0 unspecified atom stereocenters. The topological polar surface area (TPSA) is 91.7 Å². The number of phenols is 1. The Morgan fingerprint density at radius 3 is 2.67 bits per heavy atom. The minimum atomic E-state index is -1.08. The Kier molecular flexibility index (Phi) is 3.20. The number of carboxylic acid groups (broad SMARTS) is 1. The lowest BCUT2D eigenvalue weighted by atomic mass is 9.94. The van der Waals surface area contributed by atoms with Gasteiger partial charge < -0.3 is 10.2 Å². The number of aromatic hydroxyl groups is 1. The van der Waals surface area contributed by atoms with Gasteiger partial charge in [0.25, 0.3) is 0 Å². The number of rotatable bonds is 3. The summed E-state index contributed by atoms with van der Waals surface area (Å²) in [6, 6.07) is 4.24. The van der Waals surface area contributed by atoms with Crippen LogP contribution < -0.4 is 0 Å². The molecule has 0 aromatic heterocycles. The number of benzene rings is 1. The molecule has 0 saturated heterocycles. The predicted octanol–water partition coefficient (Wildman–Crippen LogP) is 1.47. The number of aliphatic carboxylic acids is 1. The SMILES string of the molecule is O=C(O)CSC1=CC(=O)c2cccc(O)c2C1=O. The van der Waals surface area contributed by atoms with Gasteiger partial charge in [-0.15, -0.1) is 11.8 Å². The molecular formula is C12H8O5S. The lowest BCUT2D eigenvalue weighted by molar-refractivity contribution is -0.133. The molecule has 0 atom stereocenters. The maximum absolute atomic E-state index is 12.0. The summed E-state index contributed by atoms with van der Waals surface area (Å²) in [6.45, 7) is 0. The van der Waals surface area contributed by atoms with Crippen molar-refractivity contribution >= 4 is 29.3 Å². The molecule has 2 rings (SSSR count). The first kappa shape index (κ1) is 12.4. The molecule has 0 heterocycles. The summed E-state index contributed by atoms with van der Waals surface area (Å²) < 4.78 is 0. The van der Waals surface area contributed by atoms with E-state index in [9.17, 15) is 19.5 Å². The molecule has 0 radical (unpaired) electrons. The highest BCUT2D eigenvalue weighted by Gasteiger charge is 2.28. The highest BCUT2D eigenvalue weighted by Crippen LogP contribution is 2.32. The zero-order valence-corrected chi connectivity index (χ0v) is 9.86. The van der Waals surface area contributed by atoms with E-state index < -0.39 is 17.5 Å². The standard InChI is InChI=1S/C12H8O5S/c13-7-3-1-2-6-8(14)4-9(12(17)11(6)7)18-5-10(15)16/h1-4,13H,5H2,(H,15,16). The molecule has 1 aromatic rings. The second-order valence-corrected chi connectivity index (χ2v) is 4.60. The molecule has 0 aliphatic heterocycles. The Balaban J connectivity index is 2.40. The minimum Gasteiger partial charge on any atom is -0.507 e. The van der Waals surface area contributed by atoms with E-state index in [4.69, 9.17) is 5.11 Å². The number of carboxylic acids is 1. The van der Waals surface area contributed by atoms with Crippen molar-refractivity contribution in [3.05, 3.63) is 40.3 Å². The third-order valence-electron chi connectivity index (χ3n) is 2.37. The Morgan fingerprint density at radius 1 is 1.28 bits per heavy atom. The molecule has 0 saturated carbocycles. The van der Waals surface area contributed by atoms with E-state index in [-0.39, 0.29) is 27.5 Å². The van der Waals surface area contributed by atoms with E-state index in [1.807, 2.05) is 0 Å². The van der Waals surface area contributed by atoms with Crippen molar-refractivity contribution < 1.29 is 24.6 Å². The summed E-state index contributed by atoms with van der Waals surface area (Å²) in [5.41, 5.74) is 0.0811. The van der Waals surface area contributed by atoms with Crippen LogP contribution in [-0.4, -0.2) is 33.5 Å². The van der Waals surface area contributed by atoms with E-state index in [1.165, 1.54) is 18.2 Å². The lowest BCUT2D eigenvalue weighted by Gasteiger charge is -2.14. The number of hydrogen-bond acceptors (Lipinski definition) is 5. The minimum absolute atomic E-state index is 0.0383. The molecule has 2 N–H and O–H groups in total. The van der Waals surface area contributed by atoms with Gasteiger partial charge in [-0.05, 0) is 6.07 Å². The van der Waals surface area contributed by atoms with Crippen LogP contribution in [0.1, 0.15) is 20.7 Å². The van der Waals surface area contributed by atoms with Crippen LogP contribution in [0.25, 0.3) is 0 Å². The summed E-state index contributed by atoms with van der Waals surface area (Å²) in [5, 5.41) is 18.2.